The van der Waals surface area contributed by atoms with E-state index in [1.54, 1.807) is 17.0 Å². The van der Waals surface area contributed by atoms with E-state index >= 15 is 0 Å². The van der Waals surface area contributed by atoms with Gasteiger partial charge in [-0.15, -0.1) is 0 Å². The molecule has 0 spiro atoms. The average Bonchev–Trinajstić information content (AvgIpc) is 2.40. The van der Waals surface area contributed by atoms with E-state index in [9.17, 15) is 9.18 Å². The highest BCUT2D eigenvalue weighted by Gasteiger charge is 2.12. The fourth-order valence-electron chi connectivity index (χ4n) is 2.12. The van der Waals surface area contributed by atoms with Crippen LogP contribution in [0.1, 0.15) is 17.0 Å². The number of pyridine rings is 1. The molecular weight excluding hydrogens is 271 g/mol. The van der Waals surface area contributed by atoms with Crippen LogP contribution in [0.2, 0.25) is 0 Å². The van der Waals surface area contributed by atoms with Crippen molar-refractivity contribution in [3.63, 3.8) is 0 Å². The molecule has 21 heavy (non-hydrogen) atoms. The Balaban J connectivity index is 2.10. The number of aliphatic carboxylic acids is 1. The number of nitrogens with zero attached hydrogens (tertiary/aromatic N) is 2. The van der Waals surface area contributed by atoms with Gasteiger partial charge in [0.2, 0.25) is 0 Å². The van der Waals surface area contributed by atoms with Gasteiger partial charge in [0.05, 0.1) is 12.2 Å². The SMILES string of the molecule is Cc1cccc(CN(CC(=O)O)Cc2ccc(F)cc2)n1. The standard InChI is InChI=1S/C16H17FN2O2/c1-12-3-2-4-15(18-12)10-19(11-16(20)21)9-13-5-7-14(17)8-6-13/h2-8H,9-11H2,1H3,(H,20,21). The van der Waals surface area contributed by atoms with Gasteiger partial charge in [0, 0.05) is 18.8 Å². The molecule has 0 unspecified atom stereocenters. The fraction of sp³-hybridized carbons (Fsp3) is 0.250. The summed E-state index contributed by atoms with van der Waals surface area (Å²) in [4.78, 5) is 17.1. The van der Waals surface area contributed by atoms with E-state index in [0.717, 1.165) is 17.0 Å². The summed E-state index contributed by atoms with van der Waals surface area (Å²) in [5.74, 6) is -1.20. The number of halogens is 1. The molecule has 1 N–H and O–H groups in total. The van der Waals surface area contributed by atoms with Crippen molar-refractivity contribution in [1.82, 2.24) is 9.88 Å². The van der Waals surface area contributed by atoms with Gasteiger partial charge in [-0.25, -0.2) is 4.39 Å². The van der Waals surface area contributed by atoms with Crippen LogP contribution in [0.4, 0.5) is 4.39 Å². The quantitative estimate of drug-likeness (QED) is 0.887. The van der Waals surface area contributed by atoms with Gasteiger partial charge in [0.1, 0.15) is 5.82 Å². The molecule has 2 rings (SSSR count). The lowest BCUT2D eigenvalue weighted by molar-refractivity contribution is -0.138. The number of aryl methyl sites for hydroxylation is 1. The van der Waals surface area contributed by atoms with Crippen molar-refractivity contribution in [2.45, 2.75) is 20.0 Å². The van der Waals surface area contributed by atoms with Gasteiger partial charge in [0.15, 0.2) is 0 Å². The Morgan fingerprint density at radius 2 is 1.90 bits per heavy atom. The highest BCUT2D eigenvalue weighted by molar-refractivity contribution is 5.69. The van der Waals surface area contributed by atoms with Crippen molar-refractivity contribution in [1.29, 1.82) is 0 Å². The lowest BCUT2D eigenvalue weighted by Crippen LogP contribution is -2.29. The number of carboxylic acids is 1. The minimum Gasteiger partial charge on any atom is -0.480 e. The monoisotopic (exact) mass is 288 g/mol. The van der Waals surface area contributed by atoms with Crippen LogP contribution in [0.3, 0.4) is 0 Å². The predicted molar refractivity (Wildman–Crippen MR) is 77.1 cm³/mol. The number of carbonyl (C=O) groups is 1. The molecule has 5 heteroatoms. The molecule has 0 fully saturated rings. The molecule has 110 valence electrons. The van der Waals surface area contributed by atoms with Crippen molar-refractivity contribution in [3.8, 4) is 0 Å². The number of hydrogen-bond donors (Lipinski definition) is 1. The van der Waals surface area contributed by atoms with Gasteiger partial charge >= 0.3 is 5.97 Å². The molecule has 0 amide bonds. The van der Waals surface area contributed by atoms with Crippen molar-refractivity contribution < 1.29 is 14.3 Å². The third-order valence-corrected chi connectivity index (χ3v) is 3.01. The molecule has 0 saturated carbocycles. The summed E-state index contributed by atoms with van der Waals surface area (Å²) in [6.45, 7) is 2.67. The molecule has 0 aliphatic carbocycles. The molecule has 0 atom stereocenters. The van der Waals surface area contributed by atoms with Crippen LogP contribution < -0.4 is 0 Å². The molecule has 1 heterocycles. The maximum Gasteiger partial charge on any atom is 0.317 e. The van der Waals surface area contributed by atoms with E-state index in [1.165, 1.54) is 12.1 Å². The van der Waals surface area contributed by atoms with E-state index in [2.05, 4.69) is 4.98 Å². The Bertz CT molecular complexity index is 614. The van der Waals surface area contributed by atoms with E-state index in [0.29, 0.717) is 13.1 Å². The lowest BCUT2D eigenvalue weighted by Gasteiger charge is -2.20. The van der Waals surface area contributed by atoms with Crippen LogP contribution in [-0.2, 0) is 17.9 Å². The summed E-state index contributed by atoms with van der Waals surface area (Å²) >= 11 is 0. The summed E-state index contributed by atoms with van der Waals surface area (Å²) < 4.78 is 12.9. The van der Waals surface area contributed by atoms with Crippen LogP contribution in [0.25, 0.3) is 0 Å². The highest BCUT2D eigenvalue weighted by atomic mass is 19.1. The fourth-order valence-corrected chi connectivity index (χ4v) is 2.12. The third kappa shape index (κ3) is 4.96. The van der Waals surface area contributed by atoms with E-state index in [-0.39, 0.29) is 12.4 Å². The van der Waals surface area contributed by atoms with Crippen LogP contribution in [0.15, 0.2) is 42.5 Å². The van der Waals surface area contributed by atoms with Gasteiger partial charge in [-0.3, -0.25) is 14.7 Å². The number of hydrogen-bond acceptors (Lipinski definition) is 3. The first kappa shape index (κ1) is 15.1. The van der Waals surface area contributed by atoms with Crippen molar-refractivity contribution >= 4 is 5.97 Å². The zero-order valence-electron chi connectivity index (χ0n) is 11.8. The van der Waals surface area contributed by atoms with Crippen LogP contribution in [0.5, 0.6) is 0 Å². The molecule has 1 aromatic heterocycles. The second-order valence-electron chi connectivity index (χ2n) is 4.94. The van der Waals surface area contributed by atoms with Crippen LogP contribution in [0, 0.1) is 12.7 Å². The van der Waals surface area contributed by atoms with Crippen LogP contribution in [-0.4, -0.2) is 27.5 Å². The topological polar surface area (TPSA) is 53.4 Å². The predicted octanol–water partition coefficient (Wildman–Crippen LogP) is 2.62. The molecule has 0 saturated heterocycles. The van der Waals surface area contributed by atoms with E-state index < -0.39 is 5.97 Å². The average molecular weight is 288 g/mol. The summed E-state index contributed by atoms with van der Waals surface area (Å²) in [6, 6.07) is 11.7. The Labute approximate surface area is 122 Å². The molecule has 2 aromatic rings. The van der Waals surface area contributed by atoms with Gasteiger partial charge in [-0.05, 0) is 36.8 Å². The molecule has 0 aliphatic rings. The minimum absolute atomic E-state index is 0.0903. The smallest absolute Gasteiger partial charge is 0.317 e. The lowest BCUT2D eigenvalue weighted by atomic mass is 10.2. The largest absolute Gasteiger partial charge is 0.480 e. The van der Waals surface area contributed by atoms with Crippen molar-refractivity contribution in [2.75, 3.05) is 6.54 Å². The summed E-state index contributed by atoms with van der Waals surface area (Å²) in [5, 5.41) is 9.02. The second kappa shape index (κ2) is 6.95. The second-order valence-corrected chi connectivity index (χ2v) is 4.94. The van der Waals surface area contributed by atoms with Gasteiger partial charge in [-0.2, -0.15) is 0 Å². The molecule has 0 aliphatic heterocycles. The Morgan fingerprint density at radius 1 is 1.19 bits per heavy atom. The van der Waals surface area contributed by atoms with E-state index in [4.69, 9.17) is 5.11 Å². The summed E-state index contributed by atoms with van der Waals surface area (Å²) in [7, 11) is 0. The first-order valence-electron chi connectivity index (χ1n) is 6.64. The van der Waals surface area contributed by atoms with Gasteiger partial charge < -0.3 is 5.11 Å². The molecule has 1 aromatic carbocycles. The Hall–Kier alpha value is -2.27. The Kier molecular flexibility index (Phi) is 5.00. The third-order valence-electron chi connectivity index (χ3n) is 3.01. The molecule has 0 bridgehead atoms. The number of aromatic nitrogens is 1. The highest BCUT2D eigenvalue weighted by Crippen LogP contribution is 2.10. The molecule has 4 nitrogen and oxygen atoms in total. The van der Waals surface area contributed by atoms with E-state index in [1.807, 2.05) is 25.1 Å². The van der Waals surface area contributed by atoms with Gasteiger partial charge in [-0.1, -0.05) is 18.2 Å². The number of benzene rings is 1. The first-order valence-corrected chi connectivity index (χ1v) is 6.64. The van der Waals surface area contributed by atoms with Crippen LogP contribution >= 0.6 is 0 Å². The number of rotatable bonds is 6. The first-order chi connectivity index (χ1) is 10.0. The zero-order chi connectivity index (χ0) is 15.2. The van der Waals surface area contributed by atoms with Gasteiger partial charge in [0.25, 0.3) is 0 Å². The molecule has 0 radical (unpaired) electrons. The maximum absolute atomic E-state index is 12.9. The summed E-state index contributed by atoms with van der Waals surface area (Å²) in [5.41, 5.74) is 2.58. The summed E-state index contributed by atoms with van der Waals surface area (Å²) in [6.07, 6.45) is 0. The van der Waals surface area contributed by atoms with Crippen molar-refractivity contribution in [2.24, 2.45) is 0 Å². The minimum atomic E-state index is -0.898. The normalized spacial score (nSPS) is 10.8. The molecular formula is C16H17FN2O2. The Morgan fingerprint density at radius 3 is 2.52 bits per heavy atom. The van der Waals surface area contributed by atoms with Crippen molar-refractivity contribution in [3.05, 3.63) is 65.2 Å². The number of carboxylic acid groups (broad SMARTS) is 1. The maximum atomic E-state index is 12.9. The zero-order valence-corrected chi connectivity index (χ0v) is 11.8.